The molecule has 0 aliphatic carbocycles. The van der Waals surface area contributed by atoms with Crippen molar-refractivity contribution in [2.24, 2.45) is 0 Å². The highest BCUT2D eigenvalue weighted by Crippen LogP contribution is 2.58. The second-order valence-electron chi connectivity index (χ2n) is 8.30. The van der Waals surface area contributed by atoms with E-state index >= 15 is 0 Å². The van der Waals surface area contributed by atoms with Crippen molar-refractivity contribution in [3.8, 4) is 0 Å². The van der Waals surface area contributed by atoms with E-state index in [0.717, 1.165) is 17.7 Å². The van der Waals surface area contributed by atoms with E-state index in [-0.39, 0.29) is 18.4 Å². The monoisotopic (exact) mass is 450 g/mol. The van der Waals surface area contributed by atoms with Gasteiger partial charge in [0.25, 0.3) is 11.8 Å². The van der Waals surface area contributed by atoms with Crippen LogP contribution in [0.3, 0.4) is 0 Å². The van der Waals surface area contributed by atoms with Gasteiger partial charge in [-0.3, -0.25) is 9.59 Å². The largest absolute Gasteiger partial charge is 0.416 e. The van der Waals surface area contributed by atoms with Crippen LogP contribution >= 0.6 is 0 Å². The van der Waals surface area contributed by atoms with Crippen LogP contribution in [0.5, 0.6) is 0 Å². The Balaban J connectivity index is 1.67. The number of likely N-dealkylation sites (N-methyl/N-ethyl adjacent to an activating group) is 1. The van der Waals surface area contributed by atoms with E-state index in [9.17, 15) is 22.8 Å². The van der Waals surface area contributed by atoms with E-state index in [1.54, 1.807) is 34.1 Å². The normalized spacial score (nSPS) is 22.0. The minimum atomic E-state index is -4.45. The van der Waals surface area contributed by atoms with Crippen LogP contribution < -0.4 is 0 Å². The summed E-state index contributed by atoms with van der Waals surface area (Å²) >= 11 is 0. The molecule has 0 bridgehead atoms. The highest BCUT2D eigenvalue weighted by molar-refractivity contribution is 6.10. The average Bonchev–Trinajstić information content (AvgIpc) is 3.07. The van der Waals surface area contributed by atoms with Crippen LogP contribution in [0.4, 0.5) is 13.2 Å². The first-order valence-corrected chi connectivity index (χ1v) is 10.7. The van der Waals surface area contributed by atoms with Gasteiger partial charge in [-0.25, -0.2) is 0 Å². The molecule has 2 amide bonds. The molecule has 2 heterocycles. The Morgan fingerprint density at radius 1 is 0.879 bits per heavy atom. The lowest BCUT2D eigenvalue weighted by atomic mass is 9.70. The van der Waals surface area contributed by atoms with Crippen LogP contribution in [-0.4, -0.2) is 28.2 Å². The number of β-lactam (4-membered cyclic amide) rings is 1. The Morgan fingerprint density at radius 3 is 2.15 bits per heavy atom. The Kier molecular flexibility index (Phi) is 4.81. The van der Waals surface area contributed by atoms with Gasteiger partial charge in [-0.05, 0) is 36.2 Å². The van der Waals surface area contributed by atoms with Crippen molar-refractivity contribution in [1.29, 1.82) is 0 Å². The lowest BCUT2D eigenvalue weighted by molar-refractivity contribution is -0.176. The summed E-state index contributed by atoms with van der Waals surface area (Å²) < 4.78 is 39.5. The van der Waals surface area contributed by atoms with Crippen LogP contribution in [0.2, 0.25) is 0 Å². The number of nitrogens with zero attached hydrogens (tertiary/aromatic N) is 2. The van der Waals surface area contributed by atoms with Crippen molar-refractivity contribution in [2.75, 3.05) is 6.54 Å². The molecule has 33 heavy (non-hydrogen) atoms. The van der Waals surface area contributed by atoms with E-state index in [1.165, 1.54) is 12.1 Å². The molecule has 2 aliphatic heterocycles. The topological polar surface area (TPSA) is 40.6 Å². The first kappa shape index (κ1) is 21.2. The number of amides is 2. The number of benzene rings is 3. The molecule has 168 valence electrons. The van der Waals surface area contributed by atoms with Gasteiger partial charge in [0.05, 0.1) is 11.6 Å². The average molecular weight is 450 g/mol. The lowest BCUT2D eigenvalue weighted by Crippen LogP contribution is -2.71. The Morgan fingerprint density at radius 2 is 1.52 bits per heavy atom. The second kappa shape index (κ2) is 7.47. The number of likely N-dealkylation sites (tertiary alicyclic amines) is 1. The number of hydrogen-bond acceptors (Lipinski definition) is 2. The number of carbonyl (C=O) groups is 2. The fourth-order valence-corrected chi connectivity index (χ4v) is 5.16. The van der Waals surface area contributed by atoms with Crippen LogP contribution in [-0.2, 0) is 23.1 Å². The summed E-state index contributed by atoms with van der Waals surface area (Å²) in [7, 11) is 0. The number of alkyl halides is 3. The summed E-state index contributed by atoms with van der Waals surface area (Å²) in [5.74, 6) is -0.473. The Labute approximate surface area is 189 Å². The van der Waals surface area contributed by atoms with Gasteiger partial charge in [0.2, 0.25) is 0 Å². The predicted molar refractivity (Wildman–Crippen MR) is 116 cm³/mol. The lowest BCUT2D eigenvalue weighted by Gasteiger charge is -2.58. The predicted octanol–water partition coefficient (Wildman–Crippen LogP) is 5.16. The van der Waals surface area contributed by atoms with Gasteiger partial charge in [-0.15, -0.1) is 0 Å². The van der Waals surface area contributed by atoms with Gasteiger partial charge >= 0.3 is 6.18 Å². The van der Waals surface area contributed by atoms with E-state index < -0.39 is 23.3 Å². The molecule has 3 aromatic carbocycles. The summed E-state index contributed by atoms with van der Waals surface area (Å²) in [4.78, 5) is 30.4. The number of carbonyl (C=O) groups excluding carboxylic acids is 2. The zero-order valence-corrected chi connectivity index (χ0v) is 17.8. The number of halogens is 3. The highest BCUT2D eigenvalue weighted by Gasteiger charge is 2.69. The molecular formula is C26H21F3N2O2. The van der Waals surface area contributed by atoms with Gasteiger partial charge < -0.3 is 9.80 Å². The molecule has 0 N–H and O–H groups in total. The minimum absolute atomic E-state index is 0.217. The van der Waals surface area contributed by atoms with Crippen LogP contribution in [0.1, 0.15) is 45.6 Å². The van der Waals surface area contributed by atoms with Crippen molar-refractivity contribution in [3.63, 3.8) is 0 Å². The van der Waals surface area contributed by atoms with E-state index in [2.05, 4.69) is 0 Å². The summed E-state index contributed by atoms with van der Waals surface area (Å²) in [5.41, 5.74) is 0.441. The molecule has 0 unspecified atom stereocenters. The third kappa shape index (κ3) is 2.98. The van der Waals surface area contributed by atoms with Crippen molar-refractivity contribution < 1.29 is 22.8 Å². The van der Waals surface area contributed by atoms with Crippen LogP contribution in [0, 0.1) is 0 Å². The van der Waals surface area contributed by atoms with Crippen molar-refractivity contribution in [2.45, 2.75) is 31.2 Å². The van der Waals surface area contributed by atoms with Gasteiger partial charge in [0.1, 0.15) is 0 Å². The molecule has 7 heteroatoms. The molecule has 0 radical (unpaired) electrons. The number of hydrogen-bond donors (Lipinski definition) is 0. The molecular weight excluding hydrogens is 429 g/mol. The molecule has 2 atom stereocenters. The standard InChI is InChI=1S/C26H21F3N2O2/c1-2-30-22(18-12-14-19(15-13-18)26(27,28)29)25(24(30)33)21-11-7-6-10-20(21)23(32)31(25)16-17-8-4-3-5-9-17/h3-15,22H,2,16H2,1H3/t22-,25+/m0/s1. The third-order valence-electron chi connectivity index (χ3n) is 6.61. The molecule has 2 aliphatic rings. The smallest absolute Gasteiger partial charge is 0.330 e. The van der Waals surface area contributed by atoms with Gasteiger partial charge in [0, 0.05) is 24.2 Å². The van der Waals surface area contributed by atoms with E-state index in [4.69, 9.17) is 0 Å². The number of fused-ring (bicyclic) bond motifs is 2. The fourth-order valence-electron chi connectivity index (χ4n) is 5.16. The van der Waals surface area contributed by atoms with E-state index in [0.29, 0.717) is 23.2 Å². The maximum absolute atomic E-state index is 13.7. The second-order valence-corrected chi connectivity index (χ2v) is 8.30. The number of rotatable bonds is 4. The van der Waals surface area contributed by atoms with Gasteiger partial charge in [-0.1, -0.05) is 60.7 Å². The van der Waals surface area contributed by atoms with Crippen LogP contribution in [0.15, 0.2) is 78.9 Å². The molecule has 1 spiro atoms. The molecule has 1 fully saturated rings. The molecule has 5 rings (SSSR count). The first-order chi connectivity index (χ1) is 15.8. The highest BCUT2D eigenvalue weighted by atomic mass is 19.4. The van der Waals surface area contributed by atoms with Gasteiger partial charge in [0.15, 0.2) is 5.54 Å². The SMILES string of the molecule is CCN1C(=O)[C@@]2(c3ccccc3C(=O)N2Cc2ccccc2)[C@@H]1c1ccc(C(F)(F)F)cc1. The fraction of sp³-hybridized carbons (Fsp3) is 0.231. The van der Waals surface area contributed by atoms with Crippen LogP contribution in [0.25, 0.3) is 0 Å². The van der Waals surface area contributed by atoms with Crippen molar-refractivity contribution >= 4 is 11.8 Å². The minimum Gasteiger partial charge on any atom is -0.330 e. The zero-order valence-electron chi connectivity index (χ0n) is 17.8. The molecule has 1 saturated heterocycles. The summed E-state index contributed by atoms with van der Waals surface area (Å²) in [5, 5.41) is 0. The summed E-state index contributed by atoms with van der Waals surface area (Å²) in [6, 6.07) is 20.7. The maximum atomic E-state index is 13.7. The van der Waals surface area contributed by atoms with Crippen molar-refractivity contribution in [1.82, 2.24) is 9.80 Å². The maximum Gasteiger partial charge on any atom is 0.416 e. The summed E-state index contributed by atoms with van der Waals surface area (Å²) in [6.07, 6.45) is -4.45. The zero-order chi connectivity index (χ0) is 23.4. The molecule has 3 aromatic rings. The first-order valence-electron chi connectivity index (χ1n) is 10.7. The third-order valence-corrected chi connectivity index (χ3v) is 6.61. The Bertz CT molecular complexity index is 1220. The quantitative estimate of drug-likeness (QED) is 0.515. The summed E-state index contributed by atoms with van der Waals surface area (Å²) in [6.45, 7) is 2.42. The molecule has 4 nitrogen and oxygen atoms in total. The van der Waals surface area contributed by atoms with Gasteiger partial charge in [-0.2, -0.15) is 13.2 Å². The molecule has 0 saturated carbocycles. The Hall–Kier alpha value is -3.61. The van der Waals surface area contributed by atoms with Crippen molar-refractivity contribution in [3.05, 3.63) is 107 Å². The molecule has 0 aromatic heterocycles. The van der Waals surface area contributed by atoms with E-state index in [1.807, 2.05) is 37.3 Å².